The number of nitrogens with one attached hydrogen (secondary N) is 1. The molecule has 0 aliphatic rings. The Kier molecular flexibility index (Phi) is 3.91. The zero-order valence-corrected chi connectivity index (χ0v) is 10.3. The van der Waals surface area contributed by atoms with Crippen LogP contribution in [0.2, 0.25) is 0 Å². The van der Waals surface area contributed by atoms with E-state index in [0.29, 0.717) is 12.3 Å². The van der Waals surface area contributed by atoms with Gasteiger partial charge in [0.25, 0.3) is 0 Å². The lowest BCUT2D eigenvalue weighted by molar-refractivity contribution is 0.0685. The number of hydrogen-bond acceptors (Lipinski definition) is 4. The Balaban J connectivity index is 1.96. The molecule has 1 atom stereocenters. The Labute approximate surface area is 109 Å². The van der Waals surface area contributed by atoms with Gasteiger partial charge in [0.05, 0.1) is 6.54 Å². The van der Waals surface area contributed by atoms with Crippen LogP contribution in [0.5, 0.6) is 0 Å². The normalized spacial score (nSPS) is 12.3. The van der Waals surface area contributed by atoms with Crippen molar-refractivity contribution in [2.45, 2.75) is 19.5 Å². The Morgan fingerprint density at radius 2 is 2.32 bits per heavy atom. The molecule has 1 aromatic heterocycles. The smallest absolute Gasteiger partial charge is 0.358 e. The molecule has 0 saturated heterocycles. The number of carboxylic acids is 1. The minimum absolute atomic E-state index is 0.0888. The Bertz CT molecular complexity index is 583. The van der Waals surface area contributed by atoms with Crippen LogP contribution in [0.25, 0.3) is 0 Å². The molecule has 0 bridgehead atoms. The molecule has 0 aliphatic carbocycles. The highest BCUT2D eigenvalue weighted by molar-refractivity contribution is 5.85. The molecule has 5 nitrogen and oxygen atoms in total. The first kappa shape index (κ1) is 13.2. The summed E-state index contributed by atoms with van der Waals surface area (Å²) >= 11 is 0. The van der Waals surface area contributed by atoms with Gasteiger partial charge < -0.3 is 14.9 Å². The highest BCUT2D eigenvalue weighted by atomic mass is 19.1. The molecule has 6 heteroatoms. The van der Waals surface area contributed by atoms with E-state index in [-0.39, 0.29) is 17.6 Å². The number of carbonyl (C=O) groups is 1. The van der Waals surface area contributed by atoms with Gasteiger partial charge in [0.15, 0.2) is 11.5 Å². The van der Waals surface area contributed by atoms with Crippen LogP contribution in [0, 0.1) is 5.82 Å². The first-order valence-corrected chi connectivity index (χ1v) is 5.74. The van der Waals surface area contributed by atoms with Crippen LogP contribution in [0.4, 0.5) is 4.39 Å². The van der Waals surface area contributed by atoms with E-state index >= 15 is 0 Å². The number of aromatic carboxylic acids is 1. The number of aromatic nitrogens is 1. The Morgan fingerprint density at radius 1 is 1.53 bits per heavy atom. The van der Waals surface area contributed by atoms with E-state index in [0.717, 1.165) is 5.56 Å². The molecule has 0 fully saturated rings. The van der Waals surface area contributed by atoms with E-state index < -0.39 is 5.97 Å². The SMILES string of the molecule is CC(NCc1cc(C(=O)O)no1)c1cccc(F)c1. The molecule has 0 amide bonds. The third-order valence-electron chi connectivity index (χ3n) is 2.71. The first-order chi connectivity index (χ1) is 9.06. The summed E-state index contributed by atoms with van der Waals surface area (Å²) in [6.45, 7) is 2.20. The van der Waals surface area contributed by atoms with Gasteiger partial charge in [-0.1, -0.05) is 17.3 Å². The predicted octanol–water partition coefficient (Wildman–Crippen LogP) is 2.36. The maximum absolute atomic E-state index is 13.1. The lowest BCUT2D eigenvalue weighted by Gasteiger charge is -2.12. The van der Waals surface area contributed by atoms with Crippen molar-refractivity contribution in [2.75, 3.05) is 0 Å². The maximum atomic E-state index is 13.1. The average molecular weight is 264 g/mol. The summed E-state index contributed by atoms with van der Waals surface area (Å²) in [7, 11) is 0. The second-order valence-electron chi connectivity index (χ2n) is 4.14. The van der Waals surface area contributed by atoms with Crippen LogP contribution in [0.3, 0.4) is 0 Å². The molecular weight excluding hydrogens is 251 g/mol. The van der Waals surface area contributed by atoms with Gasteiger partial charge in [-0.05, 0) is 24.6 Å². The number of halogens is 1. The molecule has 0 radical (unpaired) electrons. The second kappa shape index (κ2) is 5.62. The summed E-state index contributed by atoms with van der Waals surface area (Å²) in [6.07, 6.45) is 0. The summed E-state index contributed by atoms with van der Waals surface area (Å²) in [4.78, 5) is 10.6. The van der Waals surface area contributed by atoms with Gasteiger partial charge in [-0.15, -0.1) is 0 Å². The predicted molar refractivity (Wildman–Crippen MR) is 65.1 cm³/mol. The third-order valence-corrected chi connectivity index (χ3v) is 2.71. The minimum Gasteiger partial charge on any atom is -0.476 e. The van der Waals surface area contributed by atoms with Gasteiger partial charge in [-0.25, -0.2) is 9.18 Å². The number of carboxylic acid groups (broad SMARTS) is 1. The fraction of sp³-hybridized carbons (Fsp3) is 0.231. The van der Waals surface area contributed by atoms with Crippen molar-refractivity contribution in [1.82, 2.24) is 10.5 Å². The van der Waals surface area contributed by atoms with E-state index in [9.17, 15) is 9.18 Å². The zero-order chi connectivity index (χ0) is 13.8. The largest absolute Gasteiger partial charge is 0.476 e. The Morgan fingerprint density at radius 3 is 2.95 bits per heavy atom. The van der Waals surface area contributed by atoms with Gasteiger partial charge >= 0.3 is 5.97 Å². The standard InChI is InChI=1S/C13H13FN2O3/c1-8(9-3-2-4-10(14)5-9)15-7-11-6-12(13(17)18)16-19-11/h2-6,8,15H,7H2,1H3,(H,17,18). The van der Waals surface area contributed by atoms with Crippen LogP contribution in [0.15, 0.2) is 34.9 Å². The van der Waals surface area contributed by atoms with Crippen LogP contribution < -0.4 is 5.32 Å². The van der Waals surface area contributed by atoms with Gasteiger partial charge in [0.2, 0.25) is 0 Å². The fourth-order valence-electron chi connectivity index (χ4n) is 1.64. The van der Waals surface area contributed by atoms with E-state index in [1.807, 2.05) is 13.0 Å². The molecule has 0 spiro atoms. The summed E-state index contributed by atoms with van der Waals surface area (Å²) in [5.41, 5.74) is 0.674. The van der Waals surface area contributed by atoms with Gasteiger partial charge in [0, 0.05) is 12.1 Å². The molecule has 1 unspecified atom stereocenters. The lowest BCUT2D eigenvalue weighted by atomic mass is 10.1. The summed E-state index contributed by atoms with van der Waals surface area (Å²) in [5.74, 6) is -1.01. The van der Waals surface area contributed by atoms with E-state index in [1.54, 1.807) is 6.07 Å². The summed E-state index contributed by atoms with van der Waals surface area (Å²) in [6, 6.07) is 7.54. The van der Waals surface area contributed by atoms with Crippen molar-refractivity contribution in [3.63, 3.8) is 0 Å². The highest BCUT2D eigenvalue weighted by Gasteiger charge is 2.12. The van der Waals surface area contributed by atoms with Crippen molar-refractivity contribution in [1.29, 1.82) is 0 Å². The van der Waals surface area contributed by atoms with Crippen molar-refractivity contribution in [2.24, 2.45) is 0 Å². The molecule has 2 N–H and O–H groups in total. The molecule has 2 rings (SSSR count). The number of benzene rings is 1. The molecule has 1 aromatic carbocycles. The minimum atomic E-state index is -1.13. The molecule has 100 valence electrons. The van der Waals surface area contributed by atoms with E-state index in [2.05, 4.69) is 10.5 Å². The van der Waals surface area contributed by atoms with Crippen LogP contribution in [0.1, 0.15) is 34.8 Å². The van der Waals surface area contributed by atoms with E-state index in [4.69, 9.17) is 9.63 Å². The number of rotatable bonds is 5. The van der Waals surface area contributed by atoms with Crippen LogP contribution in [-0.2, 0) is 6.54 Å². The number of nitrogens with zero attached hydrogens (tertiary/aromatic N) is 1. The summed E-state index contributed by atoms with van der Waals surface area (Å²) in [5, 5.41) is 15.2. The van der Waals surface area contributed by atoms with Crippen LogP contribution in [-0.4, -0.2) is 16.2 Å². The average Bonchev–Trinajstić information content (AvgIpc) is 2.85. The van der Waals surface area contributed by atoms with Crippen molar-refractivity contribution in [3.8, 4) is 0 Å². The molecular formula is C13H13FN2O3. The molecule has 2 aromatic rings. The summed E-state index contributed by atoms with van der Waals surface area (Å²) < 4.78 is 17.9. The van der Waals surface area contributed by atoms with Gasteiger partial charge in [-0.3, -0.25) is 0 Å². The number of hydrogen-bond donors (Lipinski definition) is 2. The van der Waals surface area contributed by atoms with Crippen molar-refractivity contribution < 1.29 is 18.8 Å². The highest BCUT2D eigenvalue weighted by Crippen LogP contribution is 2.14. The van der Waals surface area contributed by atoms with Gasteiger partial charge in [-0.2, -0.15) is 0 Å². The zero-order valence-electron chi connectivity index (χ0n) is 10.3. The van der Waals surface area contributed by atoms with Crippen molar-refractivity contribution >= 4 is 5.97 Å². The third kappa shape index (κ3) is 3.38. The quantitative estimate of drug-likeness (QED) is 0.867. The monoisotopic (exact) mass is 264 g/mol. The molecule has 0 aliphatic heterocycles. The first-order valence-electron chi connectivity index (χ1n) is 5.74. The van der Waals surface area contributed by atoms with Crippen LogP contribution >= 0.6 is 0 Å². The maximum Gasteiger partial charge on any atom is 0.358 e. The topological polar surface area (TPSA) is 75.4 Å². The van der Waals surface area contributed by atoms with Crippen molar-refractivity contribution in [3.05, 3.63) is 53.2 Å². The second-order valence-corrected chi connectivity index (χ2v) is 4.14. The molecule has 0 saturated carbocycles. The molecule has 19 heavy (non-hydrogen) atoms. The Hall–Kier alpha value is -2.21. The lowest BCUT2D eigenvalue weighted by Crippen LogP contribution is -2.17. The van der Waals surface area contributed by atoms with Gasteiger partial charge in [0.1, 0.15) is 5.82 Å². The van der Waals surface area contributed by atoms with E-state index in [1.165, 1.54) is 18.2 Å². The fourth-order valence-corrected chi connectivity index (χ4v) is 1.64. The molecule has 1 heterocycles.